The molecule has 8 heteroatoms. The summed E-state index contributed by atoms with van der Waals surface area (Å²) in [6.45, 7) is 2.71. The highest BCUT2D eigenvalue weighted by Gasteiger charge is 2.23. The molecule has 23 heavy (non-hydrogen) atoms. The highest BCUT2D eigenvalue weighted by Crippen LogP contribution is 2.30. The average molecular weight is 340 g/mol. The predicted octanol–water partition coefficient (Wildman–Crippen LogP) is 2.46. The predicted molar refractivity (Wildman–Crippen MR) is 91.0 cm³/mol. The summed E-state index contributed by atoms with van der Waals surface area (Å²) in [5.41, 5.74) is 1.50. The topological polar surface area (TPSA) is 68.1 Å². The smallest absolute Gasteiger partial charge is 0.226 e. The molecule has 0 bridgehead atoms. The quantitative estimate of drug-likeness (QED) is 0.844. The lowest BCUT2D eigenvalue weighted by atomic mass is 10.2. The maximum atomic E-state index is 8.00. The Morgan fingerprint density at radius 2 is 2.26 bits per heavy atom. The van der Waals surface area contributed by atoms with Gasteiger partial charge in [0, 0.05) is 21.0 Å². The molecule has 3 heterocycles. The van der Waals surface area contributed by atoms with Gasteiger partial charge in [-0.15, -0.1) is 0 Å². The molecule has 0 radical (unpaired) electrons. The number of hydrogen-bond acceptors (Lipinski definition) is 6. The summed E-state index contributed by atoms with van der Waals surface area (Å²) >= 11 is 6.12. The first-order valence-corrected chi connectivity index (χ1v) is 8.21. The Bertz CT molecular complexity index is 716. The van der Waals surface area contributed by atoms with Crippen molar-refractivity contribution in [1.29, 1.82) is 0 Å². The fourth-order valence-corrected chi connectivity index (χ4v) is 2.92. The van der Waals surface area contributed by atoms with Gasteiger partial charge in [-0.3, -0.25) is 0 Å². The molecule has 1 N–H and O–H groups in total. The van der Waals surface area contributed by atoms with E-state index in [1.807, 2.05) is 30.6 Å². The van der Waals surface area contributed by atoms with E-state index >= 15 is 0 Å². The van der Waals surface area contributed by atoms with E-state index in [1.165, 1.54) is 0 Å². The minimum absolute atomic E-state index is 0.112. The van der Waals surface area contributed by atoms with Gasteiger partial charge in [0.25, 0.3) is 0 Å². The van der Waals surface area contributed by atoms with Crippen LogP contribution in [0.1, 0.15) is 32.6 Å². The van der Waals surface area contributed by atoms with E-state index < -0.39 is 0 Å². The molecule has 7 nitrogen and oxygen atoms in total. The second-order valence-corrected chi connectivity index (χ2v) is 6.26. The van der Waals surface area contributed by atoms with Crippen molar-refractivity contribution in [1.82, 2.24) is 24.6 Å². The first kappa shape index (κ1) is 15.1. The van der Waals surface area contributed by atoms with E-state index in [1.54, 1.807) is 0 Å². The molecule has 1 saturated heterocycles. The fraction of sp³-hybridized carbons (Fsp3) is 0.667. The van der Waals surface area contributed by atoms with Crippen LogP contribution in [0.5, 0.6) is 0 Å². The lowest BCUT2D eigenvalue weighted by Gasteiger charge is -2.23. The molecule has 2 unspecified atom stereocenters. The van der Waals surface area contributed by atoms with Crippen molar-refractivity contribution >= 4 is 28.5 Å². The van der Waals surface area contributed by atoms with Crippen LogP contribution in [-0.2, 0) is 4.74 Å². The third kappa shape index (κ3) is 3.57. The zero-order valence-corrected chi connectivity index (χ0v) is 14.5. The fourth-order valence-electron chi connectivity index (χ4n) is 2.75. The van der Waals surface area contributed by atoms with E-state index in [2.05, 4.69) is 20.4 Å². The van der Waals surface area contributed by atoms with Gasteiger partial charge in [0.15, 0.2) is 11.9 Å². The Hall–Kier alpha value is -1.44. The number of aromatic nitrogens is 4. The lowest BCUT2D eigenvalue weighted by molar-refractivity contribution is -0.0371. The molecular formula is C15H23ClN6O. The number of rotatable bonds is 5. The summed E-state index contributed by atoms with van der Waals surface area (Å²) in [6, 6.07) is 0. The normalized spacial score (nSPS) is 20.7. The molecule has 1 fully saturated rings. The maximum absolute atomic E-state index is 8.00. The number of hydrogen-bond donors (Lipinski definition) is 1. The monoisotopic (exact) mass is 339 g/mol. The Kier molecular flexibility index (Phi) is 4.59. The molecule has 2 aromatic rings. The third-order valence-corrected chi connectivity index (χ3v) is 4.02. The highest BCUT2D eigenvalue weighted by atomic mass is 35.5. The first-order valence-electron chi connectivity index (χ1n) is 8.41. The molecule has 0 aliphatic carbocycles. The number of aryl methyl sites for hydroxylation is 1. The van der Waals surface area contributed by atoms with Crippen molar-refractivity contribution < 1.29 is 6.11 Å². The van der Waals surface area contributed by atoms with Gasteiger partial charge < -0.3 is 15.0 Å². The van der Waals surface area contributed by atoms with Crippen LogP contribution in [0.25, 0.3) is 11.0 Å². The largest absolute Gasteiger partial charge is 0.368 e. The highest BCUT2D eigenvalue weighted by molar-refractivity contribution is 6.28. The molecule has 0 aromatic carbocycles. The van der Waals surface area contributed by atoms with Gasteiger partial charge in [0.2, 0.25) is 5.28 Å². The van der Waals surface area contributed by atoms with Crippen LogP contribution < -0.4 is 5.32 Å². The van der Waals surface area contributed by atoms with Crippen LogP contribution in [0, 0.1) is 6.92 Å². The summed E-state index contributed by atoms with van der Waals surface area (Å²) in [5.74, 6) is 0.614. The molecule has 0 saturated carbocycles. The Labute approximate surface area is 142 Å². The summed E-state index contributed by atoms with van der Waals surface area (Å²) in [5, 5.41) is 8.81. The molecule has 2 atom stereocenters. The van der Waals surface area contributed by atoms with Crippen molar-refractivity contribution in [3.63, 3.8) is 0 Å². The SMILES string of the molecule is [2H]C(CNc1nc(Cl)nc2c1c(C)nn2C1CCCCO1)N(C)C. The number of likely N-dealkylation sites (N-methyl/N-ethyl adjacent to an activating group) is 1. The van der Waals surface area contributed by atoms with Crippen LogP contribution >= 0.6 is 11.6 Å². The van der Waals surface area contributed by atoms with Crippen molar-refractivity contribution in [2.45, 2.75) is 32.4 Å². The van der Waals surface area contributed by atoms with Crippen LogP contribution in [0.3, 0.4) is 0 Å². The Morgan fingerprint density at radius 1 is 1.43 bits per heavy atom. The summed E-state index contributed by atoms with van der Waals surface area (Å²) in [4.78, 5) is 10.5. The van der Waals surface area contributed by atoms with Crippen LogP contribution in [0.15, 0.2) is 0 Å². The van der Waals surface area contributed by atoms with E-state index in [0.717, 1.165) is 36.9 Å². The van der Waals surface area contributed by atoms with Gasteiger partial charge in [-0.25, -0.2) is 4.68 Å². The summed E-state index contributed by atoms with van der Waals surface area (Å²) < 4.78 is 15.7. The average Bonchev–Trinajstić information content (AvgIpc) is 2.89. The standard InChI is InChI=1S/C15H23ClN6O/c1-10-12-13(17-7-8-21(2)3)18-15(16)19-14(12)22(20-10)11-6-4-5-9-23-11/h11H,4-9H2,1-3H3,(H,17,18,19)/i8D. The number of halogens is 1. The van der Waals surface area contributed by atoms with Crippen LogP contribution in [0.2, 0.25) is 5.28 Å². The molecule has 1 aliphatic rings. The van der Waals surface area contributed by atoms with Gasteiger partial charge in [-0.05, 0) is 51.9 Å². The zero-order valence-electron chi connectivity index (χ0n) is 14.7. The molecule has 3 rings (SSSR count). The lowest BCUT2D eigenvalue weighted by Crippen LogP contribution is -2.21. The van der Waals surface area contributed by atoms with Gasteiger partial charge in [0.05, 0.1) is 11.1 Å². The minimum atomic E-state index is -0.384. The zero-order chi connectivity index (χ0) is 17.3. The first-order chi connectivity index (χ1) is 11.5. The van der Waals surface area contributed by atoms with Gasteiger partial charge in [-0.2, -0.15) is 15.1 Å². The van der Waals surface area contributed by atoms with Crippen LogP contribution in [0.4, 0.5) is 5.82 Å². The van der Waals surface area contributed by atoms with Crippen molar-refractivity contribution in [2.75, 3.05) is 39.1 Å². The van der Waals surface area contributed by atoms with Gasteiger partial charge >= 0.3 is 0 Å². The molecule has 1 aliphatic heterocycles. The van der Waals surface area contributed by atoms with Crippen molar-refractivity contribution in [3.05, 3.63) is 11.0 Å². The van der Waals surface area contributed by atoms with E-state index in [0.29, 0.717) is 18.0 Å². The molecular weight excluding hydrogens is 316 g/mol. The van der Waals surface area contributed by atoms with Gasteiger partial charge in [0.1, 0.15) is 5.82 Å². The van der Waals surface area contributed by atoms with Crippen molar-refractivity contribution in [3.8, 4) is 0 Å². The number of fused-ring (bicyclic) bond motifs is 1. The third-order valence-electron chi connectivity index (χ3n) is 3.85. The van der Waals surface area contributed by atoms with Gasteiger partial charge in [-0.1, -0.05) is 0 Å². The minimum Gasteiger partial charge on any atom is -0.368 e. The molecule has 2 aromatic heterocycles. The molecule has 0 amide bonds. The summed E-state index contributed by atoms with van der Waals surface area (Å²) in [6.07, 6.45) is 2.99. The summed E-state index contributed by atoms with van der Waals surface area (Å²) in [7, 11) is 3.73. The second kappa shape index (κ2) is 6.98. The second-order valence-electron chi connectivity index (χ2n) is 5.92. The number of nitrogens with one attached hydrogen (secondary N) is 1. The number of anilines is 1. The number of nitrogens with zero attached hydrogens (tertiary/aromatic N) is 5. The Balaban J connectivity index is 1.96. The van der Waals surface area contributed by atoms with E-state index in [4.69, 9.17) is 17.7 Å². The number of ether oxygens (including phenoxy) is 1. The van der Waals surface area contributed by atoms with E-state index in [-0.39, 0.29) is 18.0 Å². The Morgan fingerprint density at radius 3 is 2.96 bits per heavy atom. The van der Waals surface area contributed by atoms with Crippen LogP contribution in [-0.4, -0.2) is 58.4 Å². The maximum Gasteiger partial charge on any atom is 0.226 e. The van der Waals surface area contributed by atoms with Crippen molar-refractivity contribution in [2.24, 2.45) is 0 Å². The molecule has 126 valence electrons. The van der Waals surface area contributed by atoms with E-state index in [9.17, 15) is 0 Å². The molecule has 0 spiro atoms.